The monoisotopic (exact) mass is 306 g/mol. The number of amides is 1. The lowest BCUT2D eigenvalue weighted by atomic mass is 10.1. The molecule has 1 aromatic rings. The fraction of sp³-hybridized carbons (Fsp3) is 0.706. The number of aromatic nitrogens is 1. The molecule has 0 aromatic carbocycles. The van der Waals surface area contributed by atoms with Crippen LogP contribution >= 0.6 is 0 Å². The van der Waals surface area contributed by atoms with Crippen molar-refractivity contribution in [1.82, 2.24) is 9.47 Å². The molecule has 2 aliphatic rings. The van der Waals surface area contributed by atoms with E-state index in [1.165, 1.54) is 0 Å². The zero-order chi connectivity index (χ0) is 15.5. The second kappa shape index (κ2) is 6.84. The molecule has 122 valence electrons. The molecule has 0 spiro atoms. The number of nitrogens with zero attached hydrogens (tertiary/aromatic N) is 2. The summed E-state index contributed by atoms with van der Waals surface area (Å²) >= 11 is 0. The Morgan fingerprint density at radius 2 is 2.09 bits per heavy atom. The highest BCUT2D eigenvalue weighted by Crippen LogP contribution is 2.19. The largest absolute Gasteiger partial charge is 0.376 e. The van der Waals surface area contributed by atoms with E-state index in [0.29, 0.717) is 6.61 Å². The molecule has 2 aliphatic heterocycles. The number of piperidine rings is 1. The quantitative estimate of drug-likeness (QED) is 0.856. The van der Waals surface area contributed by atoms with E-state index in [0.717, 1.165) is 56.8 Å². The van der Waals surface area contributed by atoms with Gasteiger partial charge in [0.05, 0.1) is 18.8 Å². The zero-order valence-corrected chi connectivity index (χ0v) is 13.6. The highest BCUT2D eigenvalue weighted by Gasteiger charge is 2.26. The molecule has 0 aliphatic carbocycles. The molecule has 0 N–H and O–H groups in total. The number of carbonyl (C=O) groups is 1. The molecule has 1 aromatic heterocycles. The van der Waals surface area contributed by atoms with Crippen LogP contribution in [0.2, 0.25) is 0 Å². The minimum Gasteiger partial charge on any atom is -0.376 e. The van der Waals surface area contributed by atoms with Crippen LogP contribution in [0.4, 0.5) is 0 Å². The number of rotatable bonds is 4. The summed E-state index contributed by atoms with van der Waals surface area (Å²) in [7, 11) is 1.94. The van der Waals surface area contributed by atoms with Gasteiger partial charge >= 0.3 is 0 Å². The van der Waals surface area contributed by atoms with Gasteiger partial charge in [-0.25, -0.2) is 0 Å². The predicted molar refractivity (Wildman–Crippen MR) is 84.0 cm³/mol. The van der Waals surface area contributed by atoms with Crippen LogP contribution < -0.4 is 0 Å². The predicted octanol–water partition coefficient (Wildman–Crippen LogP) is 2.13. The first kappa shape index (κ1) is 15.6. The fourth-order valence-corrected chi connectivity index (χ4v) is 3.23. The molecule has 0 bridgehead atoms. The Kier molecular flexibility index (Phi) is 4.84. The Bertz CT molecular complexity index is 512. The van der Waals surface area contributed by atoms with Gasteiger partial charge in [-0.3, -0.25) is 4.79 Å². The van der Waals surface area contributed by atoms with Gasteiger partial charge in [0, 0.05) is 32.4 Å². The molecule has 2 saturated heterocycles. The standard InChI is InChI=1S/C17H26N2O3/c1-13-5-6-16(18(13)2)17(20)19-9-7-14(8-10-19)22-12-15-4-3-11-21-15/h5-6,14-15H,3-4,7-12H2,1-2H3. The van der Waals surface area contributed by atoms with Crippen molar-refractivity contribution in [3.63, 3.8) is 0 Å². The van der Waals surface area contributed by atoms with E-state index in [1.54, 1.807) is 0 Å². The number of likely N-dealkylation sites (tertiary alicyclic amines) is 1. The van der Waals surface area contributed by atoms with Gasteiger partial charge in [-0.05, 0) is 44.7 Å². The maximum atomic E-state index is 12.6. The molecule has 1 unspecified atom stereocenters. The number of carbonyl (C=O) groups excluding carboxylic acids is 1. The topological polar surface area (TPSA) is 43.7 Å². The average molecular weight is 306 g/mol. The van der Waals surface area contributed by atoms with Crippen molar-refractivity contribution in [1.29, 1.82) is 0 Å². The fourth-order valence-electron chi connectivity index (χ4n) is 3.23. The lowest BCUT2D eigenvalue weighted by Gasteiger charge is -2.32. The van der Waals surface area contributed by atoms with Gasteiger partial charge in [-0.2, -0.15) is 0 Å². The first-order valence-corrected chi connectivity index (χ1v) is 8.30. The molecular formula is C17H26N2O3. The lowest BCUT2D eigenvalue weighted by Crippen LogP contribution is -2.42. The Hall–Kier alpha value is -1.33. The third kappa shape index (κ3) is 3.36. The van der Waals surface area contributed by atoms with E-state index in [-0.39, 0.29) is 18.1 Å². The van der Waals surface area contributed by atoms with Crippen molar-refractivity contribution in [2.75, 3.05) is 26.3 Å². The number of hydrogen-bond donors (Lipinski definition) is 0. The Labute approximate surface area is 132 Å². The van der Waals surface area contributed by atoms with E-state index >= 15 is 0 Å². The summed E-state index contributed by atoms with van der Waals surface area (Å²) in [6.07, 6.45) is 4.65. The minimum absolute atomic E-state index is 0.133. The molecule has 1 amide bonds. The summed E-state index contributed by atoms with van der Waals surface area (Å²) < 4.78 is 13.5. The van der Waals surface area contributed by atoms with E-state index < -0.39 is 0 Å². The third-order valence-electron chi connectivity index (χ3n) is 4.86. The van der Waals surface area contributed by atoms with E-state index in [2.05, 4.69) is 0 Å². The molecule has 0 saturated carbocycles. The van der Waals surface area contributed by atoms with Gasteiger partial charge in [0.25, 0.3) is 5.91 Å². The summed E-state index contributed by atoms with van der Waals surface area (Å²) in [4.78, 5) is 14.5. The van der Waals surface area contributed by atoms with Gasteiger partial charge in [-0.1, -0.05) is 0 Å². The maximum Gasteiger partial charge on any atom is 0.270 e. The highest BCUT2D eigenvalue weighted by atomic mass is 16.5. The van der Waals surface area contributed by atoms with E-state index in [1.807, 2.05) is 35.6 Å². The van der Waals surface area contributed by atoms with Gasteiger partial charge in [-0.15, -0.1) is 0 Å². The van der Waals surface area contributed by atoms with Crippen LogP contribution in [0.5, 0.6) is 0 Å². The SMILES string of the molecule is Cc1ccc(C(=O)N2CCC(OCC3CCCO3)CC2)n1C. The van der Waals surface area contributed by atoms with Crippen LogP contribution in [0.1, 0.15) is 41.9 Å². The normalized spacial score (nSPS) is 23.2. The molecular weight excluding hydrogens is 280 g/mol. The molecule has 1 atom stereocenters. The lowest BCUT2D eigenvalue weighted by molar-refractivity contribution is -0.0396. The van der Waals surface area contributed by atoms with Crippen LogP contribution in [0.25, 0.3) is 0 Å². The van der Waals surface area contributed by atoms with E-state index in [9.17, 15) is 4.79 Å². The van der Waals surface area contributed by atoms with Gasteiger partial charge in [0.1, 0.15) is 5.69 Å². The highest BCUT2D eigenvalue weighted by molar-refractivity contribution is 5.93. The Morgan fingerprint density at radius 3 is 2.68 bits per heavy atom. The van der Waals surface area contributed by atoms with E-state index in [4.69, 9.17) is 9.47 Å². The summed E-state index contributed by atoms with van der Waals surface area (Å²) in [6.45, 7) is 5.15. The number of aryl methyl sites for hydroxylation is 1. The van der Waals surface area contributed by atoms with Gasteiger partial charge in [0.15, 0.2) is 0 Å². The first-order chi connectivity index (χ1) is 10.6. The molecule has 5 heteroatoms. The van der Waals surface area contributed by atoms with Crippen LogP contribution in [0.15, 0.2) is 12.1 Å². The minimum atomic E-state index is 0.133. The van der Waals surface area contributed by atoms with Crippen molar-refractivity contribution in [3.05, 3.63) is 23.5 Å². The Morgan fingerprint density at radius 1 is 1.32 bits per heavy atom. The van der Waals surface area contributed by atoms with Crippen LogP contribution in [-0.2, 0) is 16.5 Å². The van der Waals surface area contributed by atoms with Gasteiger partial charge in [0.2, 0.25) is 0 Å². The summed E-state index contributed by atoms with van der Waals surface area (Å²) in [5.41, 5.74) is 1.88. The molecule has 3 rings (SSSR count). The number of hydrogen-bond acceptors (Lipinski definition) is 3. The summed E-state index contributed by atoms with van der Waals surface area (Å²) in [6, 6.07) is 3.91. The molecule has 2 fully saturated rings. The Balaban J connectivity index is 1.46. The second-order valence-corrected chi connectivity index (χ2v) is 6.38. The van der Waals surface area contributed by atoms with Crippen molar-refractivity contribution in [2.24, 2.45) is 7.05 Å². The molecule has 5 nitrogen and oxygen atoms in total. The molecule has 0 radical (unpaired) electrons. The smallest absolute Gasteiger partial charge is 0.270 e. The van der Waals surface area contributed by atoms with Crippen molar-refractivity contribution < 1.29 is 14.3 Å². The van der Waals surface area contributed by atoms with Crippen LogP contribution in [0.3, 0.4) is 0 Å². The maximum absolute atomic E-state index is 12.6. The van der Waals surface area contributed by atoms with Crippen LogP contribution in [-0.4, -0.2) is 53.9 Å². The summed E-state index contributed by atoms with van der Waals surface area (Å²) in [5.74, 6) is 0.133. The number of ether oxygens (including phenoxy) is 2. The molecule has 3 heterocycles. The zero-order valence-electron chi connectivity index (χ0n) is 13.6. The third-order valence-corrected chi connectivity index (χ3v) is 4.86. The second-order valence-electron chi connectivity index (χ2n) is 6.38. The van der Waals surface area contributed by atoms with Crippen molar-refractivity contribution >= 4 is 5.91 Å². The average Bonchev–Trinajstić information content (AvgIpc) is 3.16. The first-order valence-electron chi connectivity index (χ1n) is 8.30. The molecule has 22 heavy (non-hydrogen) atoms. The van der Waals surface area contributed by atoms with Crippen molar-refractivity contribution in [3.8, 4) is 0 Å². The van der Waals surface area contributed by atoms with Crippen LogP contribution in [0, 0.1) is 6.92 Å². The van der Waals surface area contributed by atoms with Gasteiger partial charge < -0.3 is 18.9 Å². The van der Waals surface area contributed by atoms with Crippen molar-refractivity contribution in [2.45, 2.75) is 44.8 Å². The summed E-state index contributed by atoms with van der Waals surface area (Å²) in [5, 5.41) is 0.